The number of aromatic nitrogens is 2. The van der Waals surface area contributed by atoms with Crippen molar-refractivity contribution in [2.75, 3.05) is 5.32 Å². The van der Waals surface area contributed by atoms with Crippen LogP contribution in [-0.4, -0.2) is 21.0 Å². The lowest BCUT2D eigenvalue weighted by Gasteiger charge is -2.10. The third kappa shape index (κ3) is 3.08. The highest BCUT2D eigenvalue weighted by Gasteiger charge is 2.15. The molecule has 0 aliphatic carbocycles. The summed E-state index contributed by atoms with van der Waals surface area (Å²) in [5, 5.41) is 13.2. The van der Waals surface area contributed by atoms with Crippen molar-refractivity contribution < 1.29 is 9.90 Å². The first kappa shape index (κ1) is 13.5. The van der Waals surface area contributed by atoms with Gasteiger partial charge in [0.15, 0.2) is 0 Å². The van der Waals surface area contributed by atoms with Crippen LogP contribution < -0.4 is 5.32 Å². The first-order valence-corrected chi connectivity index (χ1v) is 6.65. The molecule has 0 aromatic carbocycles. The molecule has 2 rings (SSSR count). The van der Waals surface area contributed by atoms with Gasteiger partial charge in [-0.15, -0.1) is 11.3 Å². The minimum atomic E-state index is -0.970. The van der Waals surface area contributed by atoms with E-state index in [4.69, 9.17) is 0 Å². The highest BCUT2D eigenvalue weighted by atomic mass is 32.1. The molecule has 0 unspecified atom stereocenters. The number of nitrogens with one attached hydrogen (secondary N) is 1. The summed E-state index contributed by atoms with van der Waals surface area (Å²) in [7, 11) is 0. The van der Waals surface area contributed by atoms with Gasteiger partial charge in [0, 0.05) is 16.8 Å². The second-order valence-electron chi connectivity index (χ2n) is 4.33. The molecule has 0 aliphatic heterocycles. The molecule has 0 atom stereocenters. The molecule has 0 saturated heterocycles. The van der Waals surface area contributed by atoms with Crippen LogP contribution >= 0.6 is 11.3 Å². The fourth-order valence-electron chi connectivity index (χ4n) is 1.88. The Kier molecular flexibility index (Phi) is 3.80. The highest BCUT2D eigenvalue weighted by molar-refractivity contribution is 7.11. The zero-order valence-electron chi connectivity index (χ0n) is 11.0. The molecule has 0 fully saturated rings. The van der Waals surface area contributed by atoms with Gasteiger partial charge < -0.3 is 10.4 Å². The number of hydrogen-bond donors (Lipinski definition) is 2. The van der Waals surface area contributed by atoms with Gasteiger partial charge in [-0.05, 0) is 32.4 Å². The van der Waals surface area contributed by atoms with E-state index in [1.165, 1.54) is 0 Å². The van der Waals surface area contributed by atoms with Crippen LogP contribution in [0.3, 0.4) is 0 Å². The predicted octanol–water partition coefficient (Wildman–Crippen LogP) is 2.77. The molecular formula is C13H15N3O2S. The molecule has 19 heavy (non-hydrogen) atoms. The summed E-state index contributed by atoms with van der Waals surface area (Å²) >= 11 is 1.58. The number of rotatable bonds is 4. The van der Waals surface area contributed by atoms with Gasteiger partial charge in [-0.3, -0.25) is 0 Å². The van der Waals surface area contributed by atoms with E-state index in [0.717, 1.165) is 15.6 Å². The molecule has 0 aliphatic rings. The maximum atomic E-state index is 11.3. The van der Waals surface area contributed by atoms with E-state index in [9.17, 15) is 9.90 Å². The van der Waals surface area contributed by atoms with Crippen LogP contribution in [0.5, 0.6) is 0 Å². The second kappa shape index (κ2) is 5.36. The van der Waals surface area contributed by atoms with Crippen LogP contribution in [0.15, 0.2) is 12.3 Å². The molecule has 5 nitrogen and oxygen atoms in total. The molecule has 2 aromatic rings. The van der Waals surface area contributed by atoms with Crippen molar-refractivity contribution in [1.82, 2.24) is 9.97 Å². The molecule has 0 radical (unpaired) electrons. The SMILES string of the molecule is Cc1cc(C)c(C(=O)O)c(NCc2ncc(C)s2)n1. The average Bonchev–Trinajstić information content (AvgIpc) is 2.71. The fraction of sp³-hybridized carbons (Fsp3) is 0.308. The molecular weight excluding hydrogens is 262 g/mol. The molecule has 0 spiro atoms. The van der Waals surface area contributed by atoms with Gasteiger partial charge in [0.2, 0.25) is 0 Å². The van der Waals surface area contributed by atoms with Crippen molar-refractivity contribution in [1.29, 1.82) is 0 Å². The summed E-state index contributed by atoms with van der Waals surface area (Å²) in [6.07, 6.45) is 1.80. The summed E-state index contributed by atoms with van der Waals surface area (Å²) in [5.74, 6) is -0.569. The zero-order chi connectivity index (χ0) is 14.0. The van der Waals surface area contributed by atoms with E-state index in [-0.39, 0.29) is 5.56 Å². The molecule has 100 valence electrons. The van der Waals surface area contributed by atoms with Crippen LogP contribution in [0.4, 0.5) is 5.82 Å². The van der Waals surface area contributed by atoms with Crippen molar-refractivity contribution >= 4 is 23.1 Å². The molecule has 0 saturated carbocycles. The van der Waals surface area contributed by atoms with Crippen molar-refractivity contribution in [3.63, 3.8) is 0 Å². The number of carbonyl (C=O) groups is 1. The maximum absolute atomic E-state index is 11.3. The van der Waals surface area contributed by atoms with E-state index < -0.39 is 5.97 Å². The quantitative estimate of drug-likeness (QED) is 0.898. The lowest BCUT2D eigenvalue weighted by Crippen LogP contribution is -2.11. The monoisotopic (exact) mass is 277 g/mol. The summed E-state index contributed by atoms with van der Waals surface area (Å²) in [4.78, 5) is 20.9. The van der Waals surface area contributed by atoms with Crippen LogP contribution in [0, 0.1) is 20.8 Å². The van der Waals surface area contributed by atoms with Crippen molar-refractivity contribution in [2.45, 2.75) is 27.3 Å². The predicted molar refractivity (Wildman–Crippen MR) is 74.8 cm³/mol. The van der Waals surface area contributed by atoms with Crippen molar-refractivity contribution in [2.24, 2.45) is 0 Å². The third-order valence-electron chi connectivity index (χ3n) is 2.63. The molecule has 0 amide bonds. The lowest BCUT2D eigenvalue weighted by molar-refractivity contribution is 0.0697. The van der Waals surface area contributed by atoms with E-state index in [0.29, 0.717) is 17.9 Å². The largest absolute Gasteiger partial charge is 0.478 e. The summed E-state index contributed by atoms with van der Waals surface area (Å²) in [6, 6.07) is 1.77. The van der Waals surface area contributed by atoms with E-state index >= 15 is 0 Å². The molecule has 2 N–H and O–H groups in total. The van der Waals surface area contributed by atoms with Gasteiger partial charge in [0.25, 0.3) is 0 Å². The van der Waals surface area contributed by atoms with E-state index in [1.807, 2.05) is 13.8 Å². The normalized spacial score (nSPS) is 10.5. The Morgan fingerprint density at radius 1 is 1.42 bits per heavy atom. The topological polar surface area (TPSA) is 75.1 Å². The molecule has 2 aromatic heterocycles. The number of pyridine rings is 1. The Bertz CT molecular complexity index is 622. The molecule has 6 heteroatoms. The number of thiazole rings is 1. The molecule has 0 bridgehead atoms. The second-order valence-corrected chi connectivity index (χ2v) is 5.65. The van der Waals surface area contributed by atoms with Gasteiger partial charge in [0.1, 0.15) is 16.4 Å². The van der Waals surface area contributed by atoms with Crippen molar-refractivity contribution in [3.8, 4) is 0 Å². The van der Waals surface area contributed by atoms with Crippen LogP contribution in [0.1, 0.15) is 31.5 Å². The zero-order valence-corrected chi connectivity index (χ0v) is 11.8. The number of carboxylic acid groups (broad SMARTS) is 1. The minimum Gasteiger partial charge on any atom is -0.478 e. The van der Waals surface area contributed by atoms with Gasteiger partial charge >= 0.3 is 5.97 Å². The van der Waals surface area contributed by atoms with Crippen LogP contribution in [0.25, 0.3) is 0 Å². The smallest absolute Gasteiger partial charge is 0.339 e. The summed E-state index contributed by atoms with van der Waals surface area (Å²) in [5.41, 5.74) is 1.72. The number of hydrogen-bond acceptors (Lipinski definition) is 5. The van der Waals surface area contributed by atoms with Gasteiger partial charge in [-0.2, -0.15) is 0 Å². The van der Waals surface area contributed by atoms with Crippen molar-refractivity contribution in [3.05, 3.63) is 39.0 Å². The Morgan fingerprint density at radius 2 is 2.16 bits per heavy atom. The summed E-state index contributed by atoms with van der Waals surface area (Å²) < 4.78 is 0. The number of carboxylic acids is 1. The number of nitrogens with zero attached hydrogens (tertiary/aromatic N) is 2. The minimum absolute atomic E-state index is 0.221. The van der Waals surface area contributed by atoms with Gasteiger partial charge in [-0.25, -0.2) is 14.8 Å². The number of anilines is 1. The molecule has 2 heterocycles. The first-order valence-electron chi connectivity index (χ1n) is 5.84. The standard InChI is InChI=1S/C13H15N3O2S/c1-7-4-8(2)16-12(11(7)13(17)18)15-6-10-14-5-9(3)19-10/h4-5H,6H2,1-3H3,(H,15,16)(H,17,18). The van der Waals surface area contributed by atoms with Crippen LogP contribution in [0.2, 0.25) is 0 Å². The van der Waals surface area contributed by atoms with E-state index in [1.54, 1.807) is 30.5 Å². The Morgan fingerprint density at radius 3 is 2.74 bits per heavy atom. The van der Waals surface area contributed by atoms with Crippen LogP contribution in [-0.2, 0) is 6.54 Å². The van der Waals surface area contributed by atoms with E-state index in [2.05, 4.69) is 15.3 Å². The average molecular weight is 277 g/mol. The highest BCUT2D eigenvalue weighted by Crippen LogP contribution is 2.20. The Hall–Kier alpha value is -1.95. The fourth-order valence-corrected chi connectivity index (χ4v) is 2.60. The Balaban J connectivity index is 2.26. The first-order chi connectivity index (χ1) is 8.97. The maximum Gasteiger partial charge on any atom is 0.339 e. The number of aryl methyl sites for hydroxylation is 3. The summed E-state index contributed by atoms with van der Waals surface area (Å²) in [6.45, 7) is 6.09. The van der Waals surface area contributed by atoms with Gasteiger partial charge in [0.05, 0.1) is 6.54 Å². The Labute approximate surface area is 115 Å². The number of aromatic carboxylic acids is 1. The lowest BCUT2D eigenvalue weighted by atomic mass is 10.1. The van der Waals surface area contributed by atoms with Gasteiger partial charge in [-0.1, -0.05) is 0 Å². The third-order valence-corrected chi connectivity index (χ3v) is 3.55.